The van der Waals surface area contributed by atoms with E-state index in [2.05, 4.69) is 27.9 Å². The molecule has 0 atom stereocenters. The average molecular weight is 470 g/mol. The summed E-state index contributed by atoms with van der Waals surface area (Å²) in [5.41, 5.74) is 4.43. The van der Waals surface area contributed by atoms with E-state index in [4.69, 9.17) is 11.6 Å². The summed E-state index contributed by atoms with van der Waals surface area (Å²) in [6, 6.07) is 22.6. The number of carbonyl (C=O) groups is 2. The van der Waals surface area contributed by atoms with Gasteiger partial charge in [0.05, 0.1) is 27.6 Å². The van der Waals surface area contributed by atoms with E-state index in [0.717, 1.165) is 16.5 Å². The molecular weight excluding hydrogens is 450 g/mol. The van der Waals surface area contributed by atoms with Crippen LogP contribution in [0.2, 0.25) is 5.02 Å². The van der Waals surface area contributed by atoms with Crippen LogP contribution < -0.4 is 5.01 Å². The second-order valence-corrected chi connectivity index (χ2v) is 8.45. The second-order valence-electron chi connectivity index (χ2n) is 8.04. The fourth-order valence-corrected chi connectivity index (χ4v) is 4.32. The van der Waals surface area contributed by atoms with E-state index < -0.39 is 5.97 Å². The summed E-state index contributed by atoms with van der Waals surface area (Å²) in [6.07, 6.45) is 3.89. The van der Waals surface area contributed by atoms with Gasteiger partial charge in [-0.25, -0.2) is 4.79 Å². The molecule has 0 saturated heterocycles. The van der Waals surface area contributed by atoms with Gasteiger partial charge in [-0.2, -0.15) is 10.1 Å². The smallest absolute Gasteiger partial charge is 0.337 e. The number of rotatable bonds is 5. The van der Waals surface area contributed by atoms with E-state index in [9.17, 15) is 14.7 Å². The summed E-state index contributed by atoms with van der Waals surface area (Å²) in [7, 11) is 0. The molecule has 1 N–H and O–H groups in total. The van der Waals surface area contributed by atoms with Crippen LogP contribution >= 0.6 is 11.6 Å². The van der Waals surface area contributed by atoms with Gasteiger partial charge >= 0.3 is 5.97 Å². The minimum Gasteiger partial charge on any atom is -0.478 e. The molecule has 1 aromatic heterocycles. The Balaban J connectivity index is 1.53. The van der Waals surface area contributed by atoms with Crippen LogP contribution in [0.4, 0.5) is 5.69 Å². The van der Waals surface area contributed by atoms with Crippen LogP contribution in [0.1, 0.15) is 28.4 Å². The Morgan fingerprint density at radius 2 is 1.79 bits per heavy atom. The number of hydrogen-bond donors (Lipinski definition) is 1. The molecule has 1 aliphatic rings. The largest absolute Gasteiger partial charge is 0.478 e. The summed E-state index contributed by atoms with van der Waals surface area (Å²) >= 11 is 5.98. The van der Waals surface area contributed by atoms with Crippen molar-refractivity contribution in [1.29, 1.82) is 0 Å². The molecule has 7 heteroatoms. The van der Waals surface area contributed by atoms with Gasteiger partial charge in [-0.3, -0.25) is 4.79 Å². The van der Waals surface area contributed by atoms with Gasteiger partial charge in [0.2, 0.25) is 0 Å². The molecule has 1 aliphatic heterocycles. The molecule has 5 rings (SSSR count). The van der Waals surface area contributed by atoms with Gasteiger partial charge in [-0.05, 0) is 42.8 Å². The second kappa shape index (κ2) is 8.65. The van der Waals surface area contributed by atoms with E-state index in [1.54, 1.807) is 13.0 Å². The van der Waals surface area contributed by atoms with Crippen molar-refractivity contribution in [3.05, 3.63) is 106 Å². The highest BCUT2D eigenvalue weighted by Crippen LogP contribution is 2.30. The molecule has 6 nitrogen and oxygen atoms in total. The van der Waals surface area contributed by atoms with Crippen LogP contribution in [0, 0.1) is 0 Å². The minimum atomic E-state index is -1.17. The number of fused-ring (bicyclic) bond motifs is 1. The number of nitrogens with zero attached hydrogens (tertiary/aromatic N) is 3. The van der Waals surface area contributed by atoms with Crippen LogP contribution in [-0.2, 0) is 11.3 Å². The molecule has 0 fully saturated rings. The van der Waals surface area contributed by atoms with E-state index in [0.29, 0.717) is 23.5 Å². The molecule has 0 unspecified atom stereocenters. The topological polar surface area (TPSA) is 74.9 Å². The van der Waals surface area contributed by atoms with Crippen molar-refractivity contribution in [2.75, 3.05) is 5.01 Å². The summed E-state index contributed by atoms with van der Waals surface area (Å²) in [6.45, 7) is 2.47. The lowest BCUT2D eigenvalue weighted by Crippen LogP contribution is -2.21. The molecule has 3 aromatic carbocycles. The molecule has 4 aromatic rings. The molecular formula is C27H20ClN3O3. The predicted molar refractivity (Wildman–Crippen MR) is 134 cm³/mol. The highest BCUT2D eigenvalue weighted by molar-refractivity contribution is 6.34. The van der Waals surface area contributed by atoms with Crippen molar-refractivity contribution >= 4 is 51.9 Å². The Bertz CT molecular complexity index is 1500. The van der Waals surface area contributed by atoms with Crippen molar-refractivity contribution in [2.45, 2.75) is 13.5 Å². The molecule has 1 amide bonds. The van der Waals surface area contributed by atoms with Crippen LogP contribution in [-0.4, -0.2) is 27.3 Å². The Morgan fingerprint density at radius 1 is 1.06 bits per heavy atom. The lowest BCUT2D eigenvalue weighted by Gasteiger charge is -2.13. The fraction of sp³-hybridized carbons (Fsp3) is 0.0741. The van der Waals surface area contributed by atoms with Gasteiger partial charge in [-0.15, -0.1) is 0 Å². The third-order valence-corrected chi connectivity index (χ3v) is 6.13. The maximum absolute atomic E-state index is 13.3. The normalized spacial score (nSPS) is 14.8. The average Bonchev–Trinajstić information content (AvgIpc) is 3.32. The third-order valence-electron chi connectivity index (χ3n) is 5.80. The maximum Gasteiger partial charge on any atom is 0.337 e. The van der Waals surface area contributed by atoms with E-state index in [-0.39, 0.29) is 16.5 Å². The number of halogens is 1. The van der Waals surface area contributed by atoms with Crippen LogP contribution in [0.25, 0.3) is 17.0 Å². The van der Waals surface area contributed by atoms with Crippen molar-refractivity contribution < 1.29 is 14.7 Å². The molecule has 34 heavy (non-hydrogen) atoms. The van der Waals surface area contributed by atoms with E-state index in [1.807, 2.05) is 48.7 Å². The summed E-state index contributed by atoms with van der Waals surface area (Å²) in [5.74, 6) is -1.49. The molecule has 0 radical (unpaired) electrons. The predicted octanol–water partition coefficient (Wildman–Crippen LogP) is 5.85. The van der Waals surface area contributed by atoms with E-state index in [1.165, 1.54) is 22.7 Å². The van der Waals surface area contributed by atoms with Crippen molar-refractivity contribution in [2.24, 2.45) is 5.10 Å². The first-order chi connectivity index (χ1) is 16.4. The fourth-order valence-electron chi connectivity index (χ4n) is 4.12. The zero-order chi connectivity index (χ0) is 23.8. The van der Waals surface area contributed by atoms with Gasteiger partial charge < -0.3 is 9.67 Å². The lowest BCUT2D eigenvalue weighted by molar-refractivity contribution is -0.114. The number of benzene rings is 3. The summed E-state index contributed by atoms with van der Waals surface area (Å²) in [5, 5.41) is 16.1. The number of para-hydroxylation sites is 1. The Hall–Kier alpha value is -4.16. The number of hydrogen-bond acceptors (Lipinski definition) is 3. The first-order valence-corrected chi connectivity index (χ1v) is 11.1. The number of carbonyl (C=O) groups excluding carboxylic acids is 1. The van der Waals surface area contributed by atoms with Crippen LogP contribution in [0.3, 0.4) is 0 Å². The number of amides is 1. The molecule has 0 spiro atoms. The van der Waals surface area contributed by atoms with Gasteiger partial charge in [0.1, 0.15) is 0 Å². The van der Waals surface area contributed by atoms with Crippen molar-refractivity contribution in [3.8, 4) is 0 Å². The monoisotopic (exact) mass is 469 g/mol. The first-order valence-electron chi connectivity index (χ1n) is 10.7. The van der Waals surface area contributed by atoms with Gasteiger partial charge in [0.25, 0.3) is 5.91 Å². The maximum atomic E-state index is 13.3. The molecule has 0 aliphatic carbocycles. The molecule has 0 bridgehead atoms. The van der Waals surface area contributed by atoms with Crippen LogP contribution in [0.5, 0.6) is 0 Å². The van der Waals surface area contributed by atoms with Gasteiger partial charge in [0, 0.05) is 29.2 Å². The molecule has 168 valence electrons. The highest BCUT2D eigenvalue weighted by atomic mass is 35.5. The number of aromatic carboxylic acids is 1. The Kier molecular flexibility index (Phi) is 5.51. The SMILES string of the molecule is CC1=NN(c2ccc(Cl)c(C(=O)O)c2)C(=O)C1=Cc1cn(Cc2ccccc2)c2ccccc12. The third kappa shape index (κ3) is 3.89. The highest BCUT2D eigenvalue weighted by Gasteiger charge is 2.30. The zero-order valence-electron chi connectivity index (χ0n) is 18.3. The van der Waals surface area contributed by atoms with Crippen molar-refractivity contribution in [1.82, 2.24) is 4.57 Å². The standard InChI is InChI=1S/C27H20ClN3O3/c1-17-22(26(32)31(29-17)20-11-12-24(28)23(14-20)27(33)34)13-19-16-30(15-18-7-3-2-4-8-18)25-10-6-5-9-21(19)25/h2-14,16H,15H2,1H3,(H,33,34). The van der Waals surface area contributed by atoms with Crippen LogP contribution in [0.15, 0.2) is 89.7 Å². The lowest BCUT2D eigenvalue weighted by atomic mass is 10.1. The number of carboxylic acids is 1. The number of hydrazone groups is 1. The molecule has 0 saturated carbocycles. The quantitative estimate of drug-likeness (QED) is 0.373. The number of anilines is 1. The van der Waals surface area contributed by atoms with E-state index >= 15 is 0 Å². The summed E-state index contributed by atoms with van der Waals surface area (Å²) < 4.78 is 2.17. The summed E-state index contributed by atoms with van der Waals surface area (Å²) in [4.78, 5) is 24.7. The number of aromatic nitrogens is 1. The molecule has 2 heterocycles. The first kappa shape index (κ1) is 21.7. The zero-order valence-corrected chi connectivity index (χ0v) is 19.0. The van der Waals surface area contributed by atoms with Gasteiger partial charge in [-0.1, -0.05) is 60.1 Å². The minimum absolute atomic E-state index is 0.0822. The Labute approximate surface area is 201 Å². The van der Waals surface area contributed by atoms with Gasteiger partial charge in [0.15, 0.2) is 0 Å². The number of carboxylic acid groups (broad SMARTS) is 1. The Morgan fingerprint density at radius 3 is 2.56 bits per heavy atom. The van der Waals surface area contributed by atoms with Crippen molar-refractivity contribution in [3.63, 3.8) is 0 Å².